The van der Waals surface area contributed by atoms with E-state index in [0.29, 0.717) is 22.3 Å². The number of ether oxygens (including phenoxy) is 1. The van der Waals surface area contributed by atoms with Gasteiger partial charge in [0, 0.05) is 6.42 Å². The summed E-state index contributed by atoms with van der Waals surface area (Å²) in [7, 11) is 0. The molecule has 9 heteroatoms. The van der Waals surface area contributed by atoms with Crippen LogP contribution in [0.15, 0.2) is 11.1 Å². The van der Waals surface area contributed by atoms with E-state index in [1.165, 1.54) is 6.33 Å². The van der Waals surface area contributed by atoms with Crippen molar-refractivity contribution in [1.82, 2.24) is 19.5 Å². The van der Waals surface area contributed by atoms with Crippen molar-refractivity contribution in [2.75, 3.05) is 12.3 Å². The summed E-state index contributed by atoms with van der Waals surface area (Å²) in [5.74, 6) is 0.252. The molecule has 0 aromatic carbocycles. The van der Waals surface area contributed by atoms with Crippen molar-refractivity contribution >= 4 is 32.9 Å². The molecule has 3 atom stereocenters. The third-order valence-corrected chi connectivity index (χ3v) is 3.42. The number of nitrogens with zero attached hydrogens (tertiary/aromatic N) is 4. The number of nitrogen functional groups attached to an aromatic ring is 1. The average Bonchev–Trinajstić information content (AvgIpc) is 2.92. The molecule has 1 saturated heterocycles. The number of rotatable bonds is 2. The first-order valence-electron chi connectivity index (χ1n) is 5.70. The summed E-state index contributed by atoms with van der Waals surface area (Å²) in [4.78, 5) is 12.3. The number of aliphatic hydroxyl groups is 2. The number of aromatic nitrogens is 4. The minimum absolute atomic E-state index is 0.138. The molecule has 2 aromatic heterocycles. The fraction of sp³-hybridized carbons (Fsp3) is 0.500. The largest absolute Gasteiger partial charge is 0.394 e. The van der Waals surface area contributed by atoms with Crippen molar-refractivity contribution in [1.29, 1.82) is 0 Å². The Labute approximate surface area is 116 Å². The van der Waals surface area contributed by atoms with E-state index >= 15 is 0 Å². The maximum absolute atomic E-state index is 9.99. The molecule has 1 fully saturated rings. The third-order valence-electron chi connectivity index (χ3n) is 3.06. The minimum atomic E-state index is -0.732. The van der Waals surface area contributed by atoms with E-state index in [4.69, 9.17) is 15.6 Å². The number of halogens is 1. The lowest BCUT2D eigenvalue weighted by Crippen LogP contribution is -2.19. The first kappa shape index (κ1) is 12.7. The highest BCUT2D eigenvalue weighted by Gasteiger charge is 2.36. The SMILES string of the molecule is Nc1nc(Br)nc2c1ncn2[C@@H]1O[C@H](CO)C[C@H]1O. The summed E-state index contributed by atoms with van der Waals surface area (Å²) < 4.78 is 7.50. The van der Waals surface area contributed by atoms with Crippen LogP contribution in [0.25, 0.3) is 11.2 Å². The van der Waals surface area contributed by atoms with Gasteiger partial charge in [-0.1, -0.05) is 0 Å². The van der Waals surface area contributed by atoms with Gasteiger partial charge in [0.05, 0.1) is 19.0 Å². The molecule has 8 nitrogen and oxygen atoms in total. The van der Waals surface area contributed by atoms with Gasteiger partial charge < -0.3 is 20.7 Å². The Morgan fingerprint density at radius 1 is 1.53 bits per heavy atom. The van der Waals surface area contributed by atoms with E-state index in [2.05, 4.69) is 30.9 Å². The molecule has 0 spiro atoms. The van der Waals surface area contributed by atoms with E-state index in [0.717, 1.165) is 0 Å². The zero-order chi connectivity index (χ0) is 13.6. The first-order chi connectivity index (χ1) is 9.10. The lowest BCUT2D eigenvalue weighted by atomic mass is 10.2. The number of aliphatic hydroxyl groups excluding tert-OH is 2. The maximum Gasteiger partial charge on any atom is 0.200 e. The molecule has 0 amide bonds. The van der Waals surface area contributed by atoms with Gasteiger partial charge in [-0.2, -0.15) is 0 Å². The zero-order valence-electron chi connectivity index (χ0n) is 9.77. The minimum Gasteiger partial charge on any atom is -0.394 e. The molecule has 4 N–H and O–H groups in total. The number of anilines is 1. The van der Waals surface area contributed by atoms with Gasteiger partial charge in [0.1, 0.15) is 11.6 Å². The Bertz CT molecular complexity index is 618. The molecule has 0 unspecified atom stereocenters. The van der Waals surface area contributed by atoms with Gasteiger partial charge in [-0.25, -0.2) is 15.0 Å². The second-order valence-corrected chi connectivity index (χ2v) is 5.05. The van der Waals surface area contributed by atoms with E-state index < -0.39 is 12.3 Å². The lowest BCUT2D eigenvalue weighted by Gasteiger charge is -2.16. The van der Waals surface area contributed by atoms with Crippen LogP contribution in [-0.4, -0.2) is 48.5 Å². The summed E-state index contributed by atoms with van der Waals surface area (Å²) in [6, 6.07) is 0. The average molecular weight is 330 g/mol. The van der Waals surface area contributed by atoms with Crippen molar-refractivity contribution in [3.8, 4) is 0 Å². The van der Waals surface area contributed by atoms with Crippen LogP contribution >= 0.6 is 15.9 Å². The summed E-state index contributed by atoms with van der Waals surface area (Å²) >= 11 is 3.16. The van der Waals surface area contributed by atoms with Crippen LogP contribution in [0.4, 0.5) is 5.82 Å². The van der Waals surface area contributed by atoms with Crippen LogP contribution in [0, 0.1) is 0 Å². The van der Waals surface area contributed by atoms with Gasteiger partial charge in [-0.15, -0.1) is 0 Å². The van der Waals surface area contributed by atoms with Gasteiger partial charge in [0.25, 0.3) is 0 Å². The smallest absolute Gasteiger partial charge is 0.200 e. The van der Waals surface area contributed by atoms with Crippen LogP contribution in [0.1, 0.15) is 12.6 Å². The topological polar surface area (TPSA) is 119 Å². The monoisotopic (exact) mass is 329 g/mol. The fourth-order valence-corrected chi connectivity index (χ4v) is 2.55. The molecule has 1 aliphatic heterocycles. The summed E-state index contributed by atoms with van der Waals surface area (Å²) in [5.41, 5.74) is 6.68. The Hall–Kier alpha value is -1.29. The molecule has 0 aliphatic carbocycles. The Balaban J connectivity index is 2.06. The molecule has 0 saturated carbocycles. The molecule has 3 heterocycles. The van der Waals surface area contributed by atoms with Crippen molar-refractivity contribution in [2.24, 2.45) is 0 Å². The van der Waals surface area contributed by atoms with Crippen LogP contribution in [0.5, 0.6) is 0 Å². The third kappa shape index (κ3) is 2.08. The molecule has 2 aromatic rings. The number of hydrogen-bond donors (Lipinski definition) is 3. The van der Waals surface area contributed by atoms with Crippen LogP contribution in [0.2, 0.25) is 0 Å². The quantitative estimate of drug-likeness (QED) is 0.653. The highest BCUT2D eigenvalue weighted by Crippen LogP contribution is 2.31. The molecule has 102 valence electrons. The normalized spacial score (nSPS) is 27.2. The lowest BCUT2D eigenvalue weighted by molar-refractivity contribution is -0.0487. The van der Waals surface area contributed by atoms with Crippen LogP contribution in [-0.2, 0) is 4.74 Å². The van der Waals surface area contributed by atoms with Crippen molar-refractivity contribution in [3.05, 3.63) is 11.1 Å². The molecule has 0 radical (unpaired) electrons. The van der Waals surface area contributed by atoms with E-state index in [9.17, 15) is 5.11 Å². The van der Waals surface area contributed by atoms with Crippen molar-refractivity contribution in [3.63, 3.8) is 0 Å². The predicted molar refractivity (Wildman–Crippen MR) is 69.1 cm³/mol. The number of nitrogens with two attached hydrogens (primary N) is 1. The second kappa shape index (κ2) is 4.67. The second-order valence-electron chi connectivity index (χ2n) is 4.34. The first-order valence-corrected chi connectivity index (χ1v) is 6.49. The van der Waals surface area contributed by atoms with Crippen LogP contribution in [0.3, 0.4) is 0 Å². The predicted octanol–water partition coefficient (Wildman–Crippen LogP) is -0.188. The fourth-order valence-electron chi connectivity index (χ4n) is 2.19. The molecule has 0 bridgehead atoms. The number of imidazole rings is 1. The molecule has 3 rings (SSSR count). The number of fused-ring (bicyclic) bond motifs is 1. The van der Waals surface area contributed by atoms with Crippen molar-refractivity contribution < 1.29 is 14.9 Å². The molecule has 19 heavy (non-hydrogen) atoms. The van der Waals surface area contributed by atoms with E-state index in [1.807, 2.05) is 0 Å². The molecule has 1 aliphatic rings. The van der Waals surface area contributed by atoms with Crippen molar-refractivity contribution in [2.45, 2.75) is 24.9 Å². The van der Waals surface area contributed by atoms with Gasteiger partial charge in [0.2, 0.25) is 4.73 Å². The summed E-state index contributed by atoms with van der Waals surface area (Å²) in [5, 5.41) is 19.1. The molecular formula is C10H12BrN5O3. The van der Waals surface area contributed by atoms with Crippen LogP contribution < -0.4 is 5.73 Å². The van der Waals surface area contributed by atoms with Gasteiger partial charge in [-0.05, 0) is 15.9 Å². The van der Waals surface area contributed by atoms with Gasteiger partial charge in [0.15, 0.2) is 17.7 Å². The molecular weight excluding hydrogens is 318 g/mol. The summed E-state index contributed by atoms with van der Waals surface area (Å²) in [6.07, 6.45) is 0.103. The highest BCUT2D eigenvalue weighted by atomic mass is 79.9. The maximum atomic E-state index is 9.99. The zero-order valence-corrected chi connectivity index (χ0v) is 11.4. The Morgan fingerprint density at radius 2 is 2.32 bits per heavy atom. The number of hydrogen-bond acceptors (Lipinski definition) is 7. The Kier molecular flexibility index (Phi) is 3.13. The highest BCUT2D eigenvalue weighted by molar-refractivity contribution is 9.10. The van der Waals surface area contributed by atoms with E-state index in [1.54, 1.807) is 4.57 Å². The Morgan fingerprint density at radius 3 is 3.00 bits per heavy atom. The van der Waals surface area contributed by atoms with Gasteiger partial charge >= 0.3 is 0 Å². The standard InChI is InChI=1S/C10H12BrN5O3/c11-10-14-7(12)6-8(15-10)16(3-13-6)9-5(18)1-4(2-17)19-9/h3-5,9,17-18H,1-2H2,(H2,12,14,15)/t4-,5+,9+/m0/s1. The van der Waals surface area contributed by atoms with Gasteiger partial charge in [-0.3, -0.25) is 4.57 Å². The van der Waals surface area contributed by atoms with E-state index in [-0.39, 0.29) is 18.5 Å². The summed E-state index contributed by atoms with van der Waals surface area (Å²) in [6.45, 7) is -0.138.